The normalized spacial score (nSPS) is 14.0. The Morgan fingerprint density at radius 1 is 0.481 bits per heavy atom. The maximum Gasteiger partial charge on any atom is 0.305 e. The number of benzene rings is 2. The van der Waals surface area contributed by atoms with Crippen molar-refractivity contribution in [1.29, 1.82) is 0 Å². The van der Waals surface area contributed by atoms with Gasteiger partial charge in [-0.1, -0.05) is 167 Å². The first-order chi connectivity index (χ1) is 50.7. The van der Waals surface area contributed by atoms with Gasteiger partial charge in [0.1, 0.15) is 54.4 Å². The molecule has 0 aliphatic rings. The first-order valence-electron chi connectivity index (χ1n) is 37.8. The molecule has 23 N–H and O–H groups in total. The van der Waals surface area contributed by atoms with E-state index in [-0.39, 0.29) is 108 Å². The summed E-state index contributed by atoms with van der Waals surface area (Å²) in [6, 6.07) is 4.02. The molecular weight excluding hydrogens is 1380 g/mol. The third kappa shape index (κ3) is 36.8. The van der Waals surface area contributed by atoms with Crippen molar-refractivity contribution in [3.8, 4) is 0 Å². The summed E-state index contributed by atoms with van der Waals surface area (Å²) in [6.45, 7) is 9.64. The lowest BCUT2D eigenvalue weighted by atomic mass is 9.97. The van der Waals surface area contributed by atoms with Gasteiger partial charge >= 0.3 is 5.97 Å². The van der Waals surface area contributed by atoms with Crippen LogP contribution in [-0.4, -0.2) is 173 Å². The van der Waals surface area contributed by atoms with Gasteiger partial charge in [0.05, 0.1) is 6.42 Å². The fraction of sp³-hybridized carbons (Fsp3) is 0.640. The molecule has 0 fully saturated rings. The van der Waals surface area contributed by atoms with Crippen molar-refractivity contribution in [1.82, 2.24) is 52.8 Å². The Morgan fingerprint density at radius 3 is 1.40 bits per heavy atom. The molecule has 30 nitrogen and oxygen atoms in total. The van der Waals surface area contributed by atoms with E-state index in [1.165, 1.54) is 56.7 Å². The maximum atomic E-state index is 15.1. The zero-order valence-electron chi connectivity index (χ0n) is 63.2. The second kappa shape index (κ2) is 52.1. The van der Waals surface area contributed by atoms with Crippen LogP contribution < -0.4 is 82.3 Å². The number of unbranched alkanes of at least 4 members (excludes halogenated alkanes) is 13. The highest BCUT2D eigenvalue weighted by Crippen LogP contribution is 2.21. The number of aromatic amines is 1. The number of thioether (sulfide) groups is 1. The minimum absolute atomic E-state index is 0.00532. The highest BCUT2D eigenvalue weighted by molar-refractivity contribution is 7.98. The molecular formula is C75H124N18O12S. The molecule has 3 rings (SSSR count). The summed E-state index contributed by atoms with van der Waals surface area (Å²) in [4.78, 5) is 167. The quantitative estimate of drug-likeness (QED) is 0.0217. The number of carbonyl (C=O) groups excluding carboxylic acids is 10. The summed E-state index contributed by atoms with van der Waals surface area (Å²) in [5.41, 5.74) is 36.2. The average Bonchev–Trinajstić information content (AvgIpc) is 1.63. The van der Waals surface area contributed by atoms with Crippen LogP contribution in [0.4, 0.5) is 0 Å². The van der Waals surface area contributed by atoms with Gasteiger partial charge in [0.2, 0.25) is 59.1 Å². The SMILES string of the molecule is CCCCCCCCCCCCCCCC(=O)N[C@@H](CC(=O)O)C(=O)N[C@@H](CCCN=C(N)N)C(=O)N[C@@H](CC(C)C)C(=O)N[C@@H](CCCN=C(N)N)C(=O)N[C@@H](CCCCN)C(=O)N[C@@H](Cc1c[nH]c2ccccc12)C(=O)N[C@@H](CCSC)C(=O)N[C@@H](Cc1ccccc1)C(=O)N[C@H](C(N)=O)[C@@H](C)CC. The first-order valence-corrected chi connectivity index (χ1v) is 39.2. The molecule has 0 unspecified atom stereocenters. The Balaban J connectivity index is 1.98. The van der Waals surface area contributed by atoms with Crippen LogP contribution in [0.25, 0.3) is 10.9 Å². The predicted molar refractivity (Wildman–Crippen MR) is 416 cm³/mol. The molecule has 1 heterocycles. The first kappa shape index (κ1) is 91.2. The average molecular weight is 1500 g/mol. The van der Waals surface area contributed by atoms with Gasteiger partial charge in [-0.05, 0) is 112 Å². The smallest absolute Gasteiger partial charge is 0.305 e. The van der Waals surface area contributed by atoms with Crippen LogP contribution in [0.2, 0.25) is 0 Å². The highest BCUT2D eigenvalue weighted by atomic mass is 32.2. The number of hydrogen-bond donors (Lipinski definition) is 17. The van der Waals surface area contributed by atoms with Crippen molar-refractivity contribution in [2.45, 2.75) is 262 Å². The fourth-order valence-corrected chi connectivity index (χ4v) is 12.6. The molecule has 592 valence electrons. The Hall–Kier alpha value is -9.00. The zero-order valence-corrected chi connectivity index (χ0v) is 64.1. The van der Waals surface area contributed by atoms with Crippen LogP contribution in [0.1, 0.15) is 206 Å². The highest BCUT2D eigenvalue weighted by Gasteiger charge is 2.37. The van der Waals surface area contributed by atoms with Gasteiger partial charge in [0.25, 0.3) is 0 Å². The molecule has 0 radical (unpaired) electrons. The summed E-state index contributed by atoms with van der Waals surface area (Å²) in [7, 11) is 0. The number of guanidine groups is 2. The Bertz CT molecular complexity index is 3260. The van der Waals surface area contributed by atoms with Crippen LogP contribution >= 0.6 is 11.8 Å². The lowest BCUT2D eigenvalue weighted by molar-refractivity contribution is -0.141. The van der Waals surface area contributed by atoms with Gasteiger partial charge in [0.15, 0.2) is 11.9 Å². The van der Waals surface area contributed by atoms with Crippen molar-refractivity contribution >= 4 is 99.6 Å². The molecule has 0 spiro atoms. The van der Waals surface area contributed by atoms with E-state index in [9.17, 15) is 48.3 Å². The third-order valence-corrected chi connectivity index (χ3v) is 19.0. The minimum Gasteiger partial charge on any atom is -0.481 e. The van der Waals surface area contributed by atoms with E-state index in [0.717, 1.165) is 43.0 Å². The van der Waals surface area contributed by atoms with Crippen molar-refractivity contribution < 1.29 is 57.8 Å². The number of aliphatic imine (C=N–C) groups is 2. The van der Waals surface area contributed by atoms with E-state index in [1.54, 1.807) is 57.3 Å². The van der Waals surface area contributed by atoms with Crippen LogP contribution in [0.3, 0.4) is 0 Å². The summed E-state index contributed by atoms with van der Waals surface area (Å²) in [5, 5.41) is 35.3. The number of para-hydroxylation sites is 1. The number of fused-ring (bicyclic) bond motifs is 1. The van der Waals surface area contributed by atoms with Gasteiger partial charge < -0.3 is 92.3 Å². The van der Waals surface area contributed by atoms with Gasteiger partial charge in [0, 0.05) is 49.5 Å². The predicted octanol–water partition coefficient (Wildman–Crippen LogP) is 3.84. The molecule has 10 atom stereocenters. The largest absolute Gasteiger partial charge is 0.481 e. The number of carboxylic acids is 1. The molecule has 0 bridgehead atoms. The lowest BCUT2D eigenvalue weighted by Gasteiger charge is -2.29. The van der Waals surface area contributed by atoms with Crippen molar-refractivity contribution in [2.24, 2.45) is 56.2 Å². The maximum absolute atomic E-state index is 15.1. The number of rotatable bonds is 57. The molecule has 106 heavy (non-hydrogen) atoms. The second-order valence-corrected chi connectivity index (χ2v) is 28.7. The number of aromatic nitrogens is 1. The van der Waals surface area contributed by atoms with Gasteiger partial charge in [-0.3, -0.25) is 62.7 Å². The lowest BCUT2D eigenvalue weighted by Crippen LogP contribution is -2.61. The molecule has 2 aromatic carbocycles. The van der Waals surface area contributed by atoms with Crippen LogP contribution in [-0.2, 0) is 65.6 Å². The molecule has 0 aliphatic heterocycles. The fourth-order valence-electron chi connectivity index (χ4n) is 12.1. The molecule has 31 heteroatoms. The van der Waals surface area contributed by atoms with Crippen LogP contribution in [0, 0.1) is 11.8 Å². The number of hydrogen-bond acceptors (Lipinski definition) is 15. The topological polar surface area (TPSA) is 513 Å². The number of nitrogens with one attached hydrogen (secondary N) is 10. The van der Waals surface area contributed by atoms with Crippen molar-refractivity contribution in [3.63, 3.8) is 0 Å². The molecule has 10 amide bonds. The summed E-state index contributed by atoms with van der Waals surface area (Å²) >= 11 is 1.40. The molecule has 3 aromatic rings. The number of carbonyl (C=O) groups is 11. The second-order valence-electron chi connectivity index (χ2n) is 27.8. The summed E-state index contributed by atoms with van der Waals surface area (Å²) in [6.07, 6.45) is 18.2. The molecule has 0 saturated carbocycles. The Labute approximate surface area is 629 Å². The van der Waals surface area contributed by atoms with E-state index < -0.39 is 126 Å². The van der Waals surface area contributed by atoms with Gasteiger partial charge in [-0.25, -0.2) is 0 Å². The van der Waals surface area contributed by atoms with E-state index in [1.807, 2.05) is 37.4 Å². The van der Waals surface area contributed by atoms with Crippen molar-refractivity contribution in [2.75, 3.05) is 31.6 Å². The number of primary amides is 1. The molecule has 1 aromatic heterocycles. The number of amides is 10. The van der Waals surface area contributed by atoms with Crippen LogP contribution in [0.5, 0.6) is 0 Å². The van der Waals surface area contributed by atoms with E-state index in [0.29, 0.717) is 42.6 Å². The zero-order chi connectivity index (χ0) is 78.3. The third-order valence-electron chi connectivity index (χ3n) is 18.3. The Morgan fingerprint density at radius 2 is 0.915 bits per heavy atom. The molecule has 0 aliphatic carbocycles. The number of nitrogens with zero attached hydrogens (tertiary/aromatic N) is 2. The van der Waals surface area contributed by atoms with E-state index in [4.69, 9.17) is 34.4 Å². The van der Waals surface area contributed by atoms with Gasteiger partial charge in [-0.2, -0.15) is 11.8 Å². The van der Waals surface area contributed by atoms with Gasteiger partial charge in [-0.15, -0.1) is 0 Å². The number of nitrogens with two attached hydrogens (primary N) is 6. The summed E-state index contributed by atoms with van der Waals surface area (Å²) < 4.78 is 0. The number of aliphatic carboxylic acids is 1. The van der Waals surface area contributed by atoms with E-state index >= 15 is 9.59 Å². The number of H-pyrrole nitrogens is 1. The Kier molecular flexibility index (Phi) is 44.8. The standard InChI is InChI=1S/C75H124N18O12S/c1-7-9-10-11-12-13-14-15-16-17-18-19-23-37-62(94)85-61(46-63(95)96)72(104)88-56(36-29-41-83-75(80)81)68(100)90-58(43-48(3)4)70(102)87-55(35-28-40-82-74(78)79)66(98)86-54(34-26-27-39-76)67(99)92-60(45-51-47-84-53-33-25-24-32-52(51)53)71(103)89-57(38-42-106-6)69(101)91-59(44-50-30-21-20-22-31-50)73(105)93-64(65(77)97)49(5)8-2/h20-22,24-25,30-33,47-49,54-61,64,84H,7-19,23,26-29,34-46,76H2,1-6H3,(H2,77,97)(H,85,94)(H,86,98)(H,87,102)(H,88,104)(H,89,103)(H,90,100)(H,91,101)(H,92,99)(H,93,105)(H,95,96)(H4,78,79,82)(H4,80,81,83)/t49-,54-,55-,56-,57-,58-,59-,60-,61-,64-/m0/s1. The van der Waals surface area contributed by atoms with E-state index in [2.05, 4.69) is 69.7 Å². The monoisotopic (exact) mass is 1500 g/mol. The minimum atomic E-state index is -1.58. The van der Waals surface area contributed by atoms with Crippen LogP contribution in [0.15, 0.2) is 70.8 Å². The summed E-state index contributed by atoms with van der Waals surface area (Å²) in [5.74, 6) is -9.93. The molecule has 0 saturated heterocycles. The number of carboxylic acid groups (broad SMARTS) is 1. The van der Waals surface area contributed by atoms with Crippen molar-refractivity contribution in [3.05, 3.63) is 71.9 Å².